The number of carbonyl (C=O) groups excluding carboxylic acids is 1. The lowest BCUT2D eigenvalue weighted by molar-refractivity contribution is 0.0741. The molecule has 152 valence electrons. The maximum Gasteiger partial charge on any atom is 0.275 e. The Balaban J connectivity index is 1.43. The Bertz CT molecular complexity index is 1010. The van der Waals surface area contributed by atoms with Gasteiger partial charge >= 0.3 is 0 Å². The SMILES string of the molecule is CC(C)COc1cc(N2CCN(C(=O)c3nn(C)c4ccccc34)CC2)ncn1. The van der Waals surface area contributed by atoms with Crippen LogP contribution in [0, 0.1) is 5.92 Å². The molecule has 0 bridgehead atoms. The van der Waals surface area contributed by atoms with E-state index < -0.39 is 0 Å². The fourth-order valence-corrected chi connectivity index (χ4v) is 3.49. The smallest absolute Gasteiger partial charge is 0.275 e. The summed E-state index contributed by atoms with van der Waals surface area (Å²) in [6, 6.07) is 9.69. The molecule has 4 rings (SSSR count). The summed E-state index contributed by atoms with van der Waals surface area (Å²) in [5.41, 5.74) is 1.48. The van der Waals surface area contributed by atoms with E-state index in [1.165, 1.54) is 6.33 Å². The van der Waals surface area contributed by atoms with E-state index in [-0.39, 0.29) is 5.91 Å². The molecule has 29 heavy (non-hydrogen) atoms. The minimum atomic E-state index is -0.0231. The van der Waals surface area contributed by atoms with Crippen LogP contribution in [0.3, 0.4) is 0 Å². The van der Waals surface area contributed by atoms with E-state index in [0.717, 1.165) is 16.7 Å². The first-order chi connectivity index (χ1) is 14.0. The van der Waals surface area contributed by atoms with Gasteiger partial charge in [-0.2, -0.15) is 5.10 Å². The summed E-state index contributed by atoms with van der Waals surface area (Å²) in [5, 5.41) is 5.36. The molecule has 0 atom stereocenters. The molecular formula is C21H26N6O2. The number of amides is 1. The van der Waals surface area contributed by atoms with Crippen molar-refractivity contribution in [2.75, 3.05) is 37.7 Å². The number of piperazine rings is 1. The summed E-state index contributed by atoms with van der Waals surface area (Å²) in [4.78, 5) is 25.6. The fraction of sp³-hybridized carbons (Fsp3) is 0.429. The van der Waals surface area contributed by atoms with Gasteiger partial charge in [0.05, 0.1) is 12.1 Å². The molecule has 1 saturated heterocycles. The maximum atomic E-state index is 13.1. The van der Waals surface area contributed by atoms with Crippen LogP contribution in [-0.2, 0) is 7.05 Å². The van der Waals surface area contributed by atoms with E-state index >= 15 is 0 Å². The predicted molar refractivity (Wildman–Crippen MR) is 111 cm³/mol. The van der Waals surface area contributed by atoms with Crippen molar-refractivity contribution in [3.05, 3.63) is 42.4 Å². The molecule has 8 nitrogen and oxygen atoms in total. The number of hydrogen-bond donors (Lipinski definition) is 0. The van der Waals surface area contributed by atoms with Gasteiger partial charge in [0.2, 0.25) is 5.88 Å². The Hall–Kier alpha value is -3.16. The third-order valence-electron chi connectivity index (χ3n) is 5.04. The molecule has 0 radical (unpaired) electrons. The molecule has 0 spiro atoms. The van der Waals surface area contributed by atoms with Crippen molar-refractivity contribution in [1.82, 2.24) is 24.6 Å². The Kier molecular flexibility index (Phi) is 5.33. The zero-order valence-corrected chi connectivity index (χ0v) is 17.1. The predicted octanol–water partition coefficient (Wildman–Crippen LogP) is 2.36. The number of anilines is 1. The summed E-state index contributed by atoms with van der Waals surface area (Å²) < 4.78 is 7.47. The molecule has 1 fully saturated rings. The van der Waals surface area contributed by atoms with Gasteiger partial charge in [-0.05, 0) is 12.0 Å². The van der Waals surface area contributed by atoms with Gasteiger partial charge in [0.25, 0.3) is 5.91 Å². The molecular weight excluding hydrogens is 368 g/mol. The van der Waals surface area contributed by atoms with Gasteiger partial charge in [0.1, 0.15) is 12.1 Å². The van der Waals surface area contributed by atoms with Crippen molar-refractivity contribution in [1.29, 1.82) is 0 Å². The van der Waals surface area contributed by atoms with Crippen LogP contribution in [0.1, 0.15) is 24.3 Å². The second kappa shape index (κ2) is 8.06. The molecule has 1 aliphatic heterocycles. The van der Waals surface area contributed by atoms with Crippen molar-refractivity contribution < 1.29 is 9.53 Å². The molecule has 0 N–H and O–H groups in total. The summed E-state index contributed by atoms with van der Waals surface area (Å²) >= 11 is 0. The molecule has 0 unspecified atom stereocenters. The quantitative estimate of drug-likeness (QED) is 0.661. The van der Waals surface area contributed by atoms with E-state index in [1.807, 2.05) is 42.3 Å². The van der Waals surface area contributed by atoms with Gasteiger partial charge < -0.3 is 14.5 Å². The second-order valence-electron chi connectivity index (χ2n) is 7.69. The van der Waals surface area contributed by atoms with Crippen LogP contribution in [0.15, 0.2) is 36.7 Å². The van der Waals surface area contributed by atoms with Gasteiger partial charge in [-0.25, -0.2) is 9.97 Å². The van der Waals surface area contributed by atoms with E-state index in [9.17, 15) is 4.79 Å². The van der Waals surface area contributed by atoms with Crippen LogP contribution in [0.4, 0.5) is 5.82 Å². The highest BCUT2D eigenvalue weighted by atomic mass is 16.5. The first-order valence-corrected chi connectivity index (χ1v) is 9.93. The molecule has 2 aromatic heterocycles. The minimum absolute atomic E-state index is 0.0231. The first kappa shape index (κ1) is 19.2. The zero-order chi connectivity index (χ0) is 20.4. The lowest BCUT2D eigenvalue weighted by Crippen LogP contribution is -2.49. The minimum Gasteiger partial charge on any atom is -0.477 e. The average Bonchev–Trinajstić information content (AvgIpc) is 3.09. The third-order valence-corrected chi connectivity index (χ3v) is 5.04. The van der Waals surface area contributed by atoms with Gasteiger partial charge in [0, 0.05) is 44.7 Å². The number of ether oxygens (including phenoxy) is 1. The largest absolute Gasteiger partial charge is 0.477 e. The molecule has 8 heteroatoms. The molecule has 3 heterocycles. The van der Waals surface area contributed by atoms with Crippen molar-refractivity contribution in [2.24, 2.45) is 13.0 Å². The number of nitrogens with zero attached hydrogens (tertiary/aromatic N) is 6. The highest BCUT2D eigenvalue weighted by molar-refractivity contribution is 6.04. The molecule has 1 aliphatic rings. The highest BCUT2D eigenvalue weighted by Crippen LogP contribution is 2.21. The van der Waals surface area contributed by atoms with E-state index in [2.05, 4.69) is 33.8 Å². The standard InChI is InChI=1S/C21H26N6O2/c1-15(2)13-29-19-12-18(22-14-23-19)26-8-10-27(11-9-26)21(28)20-16-6-4-5-7-17(16)25(3)24-20/h4-7,12,14-15H,8-11,13H2,1-3H3. The number of rotatable bonds is 5. The van der Waals surface area contributed by atoms with Gasteiger partial charge in [0.15, 0.2) is 5.69 Å². The van der Waals surface area contributed by atoms with Gasteiger partial charge in [-0.1, -0.05) is 32.0 Å². The van der Waals surface area contributed by atoms with Crippen LogP contribution in [0.2, 0.25) is 0 Å². The Morgan fingerprint density at radius 1 is 1.14 bits per heavy atom. The van der Waals surface area contributed by atoms with Crippen LogP contribution < -0.4 is 9.64 Å². The first-order valence-electron chi connectivity index (χ1n) is 9.93. The number of fused-ring (bicyclic) bond motifs is 1. The number of aromatic nitrogens is 4. The summed E-state index contributed by atoms with van der Waals surface area (Å²) in [5.74, 6) is 1.83. The number of benzene rings is 1. The Morgan fingerprint density at radius 3 is 2.66 bits per heavy atom. The lowest BCUT2D eigenvalue weighted by atomic mass is 10.2. The molecule has 0 aliphatic carbocycles. The molecule has 3 aromatic rings. The molecule has 1 amide bonds. The van der Waals surface area contributed by atoms with Crippen LogP contribution >= 0.6 is 0 Å². The van der Waals surface area contributed by atoms with Gasteiger partial charge in [-0.3, -0.25) is 9.48 Å². The fourth-order valence-electron chi connectivity index (χ4n) is 3.49. The average molecular weight is 394 g/mol. The summed E-state index contributed by atoms with van der Waals surface area (Å²) in [7, 11) is 1.87. The number of para-hydroxylation sites is 1. The van der Waals surface area contributed by atoms with Crippen molar-refractivity contribution in [3.63, 3.8) is 0 Å². The van der Waals surface area contributed by atoms with Crippen molar-refractivity contribution >= 4 is 22.6 Å². The summed E-state index contributed by atoms with van der Waals surface area (Å²) in [6.45, 7) is 7.48. The number of aryl methyl sites for hydroxylation is 1. The maximum absolute atomic E-state index is 13.1. The number of hydrogen-bond acceptors (Lipinski definition) is 6. The molecule has 0 saturated carbocycles. The molecule has 1 aromatic carbocycles. The topological polar surface area (TPSA) is 76.4 Å². The summed E-state index contributed by atoms with van der Waals surface area (Å²) in [6.07, 6.45) is 1.53. The Labute approximate surface area is 170 Å². The van der Waals surface area contributed by atoms with Crippen LogP contribution in [-0.4, -0.2) is 63.3 Å². The van der Waals surface area contributed by atoms with E-state index in [0.29, 0.717) is 50.3 Å². The second-order valence-corrected chi connectivity index (χ2v) is 7.69. The van der Waals surface area contributed by atoms with Crippen LogP contribution in [0.5, 0.6) is 5.88 Å². The van der Waals surface area contributed by atoms with Crippen molar-refractivity contribution in [3.8, 4) is 5.88 Å². The normalized spacial score (nSPS) is 14.6. The van der Waals surface area contributed by atoms with E-state index in [4.69, 9.17) is 4.74 Å². The third kappa shape index (κ3) is 4.01. The highest BCUT2D eigenvalue weighted by Gasteiger charge is 2.26. The van der Waals surface area contributed by atoms with Gasteiger partial charge in [-0.15, -0.1) is 0 Å². The van der Waals surface area contributed by atoms with Crippen molar-refractivity contribution in [2.45, 2.75) is 13.8 Å². The van der Waals surface area contributed by atoms with Crippen LogP contribution in [0.25, 0.3) is 10.9 Å². The number of carbonyl (C=O) groups is 1. The Morgan fingerprint density at radius 2 is 1.90 bits per heavy atom. The lowest BCUT2D eigenvalue weighted by Gasteiger charge is -2.35. The monoisotopic (exact) mass is 394 g/mol. The van der Waals surface area contributed by atoms with E-state index in [1.54, 1.807) is 4.68 Å². The zero-order valence-electron chi connectivity index (χ0n) is 17.1.